The first-order valence-corrected chi connectivity index (χ1v) is 6.18. The van der Waals surface area contributed by atoms with Gasteiger partial charge in [-0.25, -0.2) is 0 Å². The predicted octanol–water partition coefficient (Wildman–Crippen LogP) is 1.54. The van der Waals surface area contributed by atoms with Crippen molar-refractivity contribution in [2.24, 2.45) is 12.8 Å². The summed E-state index contributed by atoms with van der Waals surface area (Å²) in [5, 5.41) is 4.12. The van der Waals surface area contributed by atoms with Crippen molar-refractivity contribution in [2.45, 2.75) is 12.8 Å². The lowest BCUT2D eigenvalue weighted by atomic mass is 10.1. The Hall–Kier alpha value is -1.81. The van der Waals surface area contributed by atoms with Crippen LogP contribution in [0, 0.1) is 0 Å². The van der Waals surface area contributed by atoms with E-state index in [1.807, 2.05) is 29.9 Å². The van der Waals surface area contributed by atoms with E-state index in [2.05, 4.69) is 17.2 Å². The molecule has 0 saturated carbocycles. The van der Waals surface area contributed by atoms with Crippen LogP contribution in [-0.2, 0) is 19.9 Å². The third-order valence-electron chi connectivity index (χ3n) is 2.91. The molecule has 96 valence electrons. The van der Waals surface area contributed by atoms with Crippen molar-refractivity contribution in [3.05, 3.63) is 47.8 Å². The molecule has 18 heavy (non-hydrogen) atoms. The Bertz CT molecular complexity index is 476. The van der Waals surface area contributed by atoms with Gasteiger partial charge >= 0.3 is 0 Å². The fourth-order valence-electron chi connectivity index (χ4n) is 1.84. The van der Waals surface area contributed by atoms with Gasteiger partial charge in [-0.2, -0.15) is 5.10 Å². The Morgan fingerprint density at radius 3 is 2.56 bits per heavy atom. The van der Waals surface area contributed by atoms with Gasteiger partial charge in [0.1, 0.15) is 5.75 Å². The van der Waals surface area contributed by atoms with Crippen molar-refractivity contribution in [2.75, 3.05) is 13.2 Å². The van der Waals surface area contributed by atoms with E-state index in [4.69, 9.17) is 10.5 Å². The van der Waals surface area contributed by atoms with E-state index in [1.54, 1.807) is 6.20 Å². The SMILES string of the molecule is Cn1nccc1CCOc1ccc(CCN)cc1. The number of nitrogens with two attached hydrogens (primary N) is 1. The average Bonchev–Trinajstić information content (AvgIpc) is 2.78. The summed E-state index contributed by atoms with van der Waals surface area (Å²) >= 11 is 0. The quantitative estimate of drug-likeness (QED) is 0.840. The first-order valence-electron chi connectivity index (χ1n) is 6.18. The zero-order valence-corrected chi connectivity index (χ0v) is 10.7. The van der Waals surface area contributed by atoms with E-state index in [0.717, 1.165) is 18.6 Å². The number of benzene rings is 1. The zero-order chi connectivity index (χ0) is 12.8. The van der Waals surface area contributed by atoms with Crippen molar-refractivity contribution in [3.8, 4) is 5.75 Å². The van der Waals surface area contributed by atoms with Gasteiger partial charge in [-0.05, 0) is 36.7 Å². The normalized spacial score (nSPS) is 10.6. The lowest BCUT2D eigenvalue weighted by Crippen LogP contribution is -2.06. The van der Waals surface area contributed by atoms with Crippen LogP contribution >= 0.6 is 0 Å². The minimum atomic E-state index is 0.662. The lowest BCUT2D eigenvalue weighted by molar-refractivity contribution is 0.318. The molecule has 2 aromatic rings. The number of ether oxygens (including phenoxy) is 1. The Balaban J connectivity index is 1.81. The highest BCUT2D eigenvalue weighted by Crippen LogP contribution is 2.12. The predicted molar refractivity (Wildman–Crippen MR) is 71.6 cm³/mol. The Kier molecular flexibility index (Phi) is 4.36. The molecular formula is C14H19N3O. The van der Waals surface area contributed by atoms with Crippen LogP contribution in [0.4, 0.5) is 0 Å². The van der Waals surface area contributed by atoms with E-state index < -0.39 is 0 Å². The van der Waals surface area contributed by atoms with Gasteiger partial charge in [-0.3, -0.25) is 4.68 Å². The molecule has 1 aromatic heterocycles. The van der Waals surface area contributed by atoms with Crippen molar-refractivity contribution in [1.82, 2.24) is 9.78 Å². The van der Waals surface area contributed by atoms with Gasteiger partial charge in [0.15, 0.2) is 0 Å². The number of hydrogen-bond donors (Lipinski definition) is 1. The molecule has 0 fully saturated rings. The van der Waals surface area contributed by atoms with Gasteiger partial charge in [-0.15, -0.1) is 0 Å². The van der Waals surface area contributed by atoms with Crippen molar-refractivity contribution in [1.29, 1.82) is 0 Å². The minimum absolute atomic E-state index is 0.662. The van der Waals surface area contributed by atoms with Crippen LogP contribution in [0.2, 0.25) is 0 Å². The van der Waals surface area contributed by atoms with E-state index in [0.29, 0.717) is 13.2 Å². The Labute approximate surface area is 107 Å². The number of aromatic nitrogens is 2. The fraction of sp³-hybridized carbons (Fsp3) is 0.357. The summed E-state index contributed by atoms with van der Waals surface area (Å²) in [6, 6.07) is 10.1. The van der Waals surface area contributed by atoms with Crippen LogP contribution in [-0.4, -0.2) is 22.9 Å². The van der Waals surface area contributed by atoms with Crippen LogP contribution in [0.25, 0.3) is 0 Å². The standard InChI is InChI=1S/C14H19N3O/c1-17-13(7-10-16-17)8-11-18-14-4-2-12(3-5-14)6-9-15/h2-5,7,10H,6,8-9,11,15H2,1H3. The van der Waals surface area contributed by atoms with Crippen molar-refractivity contribution >= 4 is 0 Å². The molecule has 2 N–H and O–H groups in total. The summed E-state index contributed by atoms with van der Waals surface area (Å²) in [6.07, 6.45) is 3.58. The molecule has 1 heterocycles. The van der Waals surface area contributed by atoms with Gasteiger partial charge in [0.2, 0.25) is 0 Å². The molecule has 1 aromatic carbocycles. The number of hydrogen-bond acceptors (Lipinski definition) is 3. The maximum Gasteiger partial charge on any atom is 0.119 e. The van der Waals surface area contributed by atoms with Crippen LogP contribution in [0.3, 0.4) is 0 Å². The molecule has 0 aliphatic heterocycles. The smallest absolute Gasteiger partial charge is 0.119 e. The lowest BCUT2D eigenvalue weighted by Gasteiger charge is -2.07. The van der Waals surface area contributed by atoms with Gasteiger partial charge < -0.3 is 10.5 Å². The van der Waals surface area contributed by atoms with Crippen LogP contribution in [0.15, 0.2) is 36.5 Å². The molecule has 0 aliphatic carbocycles. The monoisotopic (exact) mass is 245 g/mol. The summed E-state index contributed by atoms with van der Waals surface area (Å²) < 4.78 is 7.56. The third-order valence-corrected chi connectivity index (χ3v) is 2.91. The summed E-state index contributed by atoms with van der Waals surface area (Å²) in [4.78, 5) is 0. The highest BCUT2D eigenvalue weighted by Gasteiger charge is 1.99. The summed E-state index contributed by atoms with van der Waals surface area (Å²) in [5.74, 6) is 0.901. The molecule has 2 rings (SSSR count). The molecule has 0 radical (unpaired) electrons. The largest absolute Gasteiger partial charge is 0.493 e. The van der Waals surface area contributed by atoms with Crippen LogP contribution < -0.4 is 10.5 Å². The molecule has 4 heteroatoms. The first kappa shape index (κ1) is 12.6. The molecule has 4 nitrogen and oxygen atoms in total. The molecule has 0 amide bonds. The van der Waals surface area contributed by atoms with Gasteiger partial charge in [0, 0.05) is 25.4 Å². The summed E-state index contributed by atoms with van der Waals surface area (Å²) in [5.41, 5.74) is 7.93. The maximum absolute atomic E-state index is 5.70. The van der Waals surface area contributed by atoms with Crippen LogP contribution in [0.1, 0.15) is 11.3 Å². The highest BCUT2D eigenvalue weighted by molar-refractivity contribution is 5.27. The minimum Gasteiger partial charge on any atom is -0.493 e. The molecule has 0 unspecified atom stereocenters. The molecule has 0 saturated heterocycles. The highest BCUT2D eigenvalue weighted by atomic mass is 16.5. The first-order chi connectivity index (χ1) is 8.79. The summed E-state index contributed by atoms with van der Waals surface area (Å²) in [6.45, 7) is 1.34. The van der Waals surface area contributed by atoms with E-state index >= 15 is 0 Å². The summed E-state index contributed by atoms with van der Waals surface area (Å²) in [7, 11) is 1.94. The van der Waals surface area contributed by atoms with E-state index in [1.165, 1.54) is 11.3 Å². The molecule has 0 spiro atoms. The fourth-order valence-corrected chi connectivity index (χ4v) is 1.84. The topological polar surface area (TPSA) is 53.1 Å². The number of nitrogens with zero attached hydrogens (tertiary/aromatic N) is 2. The number of rotatable bonds is 6. The van der Waals surface area contributed by atoms with E-state index in [9.17, 15) is 0 Å². The van der Waals surface area contributed by atoms with Crippen LogP contribution in [0.5, 0.6) is 5.75 Å². The Morgan fingerprint density at radius 2 is 1.94 bits per heavy atom. The molecular weight excluding hydrogens is 226 g/mol. The number of aryl methyl sites for hydroxylation is 1. The third kappa shape index (κ3) is 3.34. The van der Waals surface area contributed by atoms with Crippen molar-refractivity contribution < 1.29 is 4.74 Å². The molecule has 0 atom stereocenters. The van der Waals surface area contributed by atoms with Gasteiger partial charge in [0.05, 0.1) is 6.61 Å². The maximum atomic E-state index is 5.70. The molecule has 0 bridgehead atoms. The van der Waals surface area contributed by atoms with E-state index in [-0.39, 0.29) is 0 Å². The molecule has 0 aliphatic rings. The zero-order valence-electron chi connectivity index (χ0n) is 10.7. The van der Waals surface area contributed by atoms with Gasteiger partial charge in [0.25, 0.3) is 0 Å². The second-order valence-electron chi connectivity index (χ2n) is 4.23. The Morgan fingerprint density at radius 1 is 1.17 bits per heavy atom. The second-order valence-corrected chi connectivity index (χ2v) is 4.23. The second kappa shape index (κ2) is 6.21. The average molecular weight is 245 g/mol. The van der Waals surface area contributed by atoms with Crippen molar-refractivity contribution in [3.63, 3.8) is 0 Å². The van der Waals surface area contributed by atoms with Gasteiger partial charge in [-0.1, -0.05) is 12.1 Å².